The van der Waals surface area contributed by atoms with Gasteiger partial charge in [-0.25, -0.2) is 4.98 Å². The van der Waals surface area contributed by atoms with E-state index in [2.05, 4.69) is 33.1 Å². The SMILES string of the molecule is CN=C(NCc1csc(-c2ccccc2)n1)NC1CCN(C(=O)C2CCCCC2)C1.I. The van der Waals surface area contributed by atoms with Gasteiger partial charge in [0.05, 0.1) is 12.2 Å². The first kappa shape index (κ1) is 24.0. The van der Waals surface area contributed by atoms with Crippen LogP contribution in [0.1, 0.15) is 44.2 Å². The fourth-order valence-electron chi connectivity index (χ4n) is 4.35. The van der Waals surface area contributed by atoms with Crippen molar-refractivity contribution in [2.45, 2.75) is 51.1 Å². The maximum Gasteiger partial charge on any atom is 0.225 e. The molecule has 168 valence electrons. The molecule has 1 aliphatic heterocycles. The average molecular weight is 554 g/mol. The van der Waals surface area contributed by atoms with Crippen molar-refractivity contribution in [3.63, 3.8) is 0 Å². The summed E-state index contributed by atoms with van der Waals surface area (Å²) in [5.41, 5.74) is 2.15. The minimum absolute atomic E-state index is 0. The molecule has 2 aromatic rings. The van der Waals surface area contributed by atoms with E-state index < -0.39 is 0 Å². The van der Waals surface area contributed by atoms with E-state index in [0.717, 1.165) is 54.6 Å². The molecule has 6 nitrogen and oxygen atoms in total. The fraction of sp³-hybridized carbons (Fsp3) is 0.522. The van der Waals surface area contributed by atoms with Crippen LogP contribution in [0.4, 0.5) is 0 Å². The molecule has 0 radical (unpaired) electrons. The van der Waals surface area contributed by atoms with E-state index in [1.807, 2.05) is 23.1 Å². The van der Waals surface area contributed by atoms with Crippen molar-refractivity contribution < 1.29 is 4.79 Å². The maximum atomic E-state index is 12.8. The number of hydrogen-bond acceptors (Lipinski definition) is 4. The Balaban J connectivity index is 0.00000272. The van der Waals surface area contributed by atoms with Crippen LogP contribution < -0.4 is 10.6 Å². The van der Waals surface area contributed by atoms with Gasteiger partial charge in [-0.3, -0.25) is 9.79 Å². The van der Waals surface area contributed by atoms with E-state index in [0.29, 0.717) is 12.5 Å². The second-order valence-corrected chi connectivity index (χ2v) is 9.04. The van der Waals surface area contributed by atoms with Gasteiger partial charge < -0.3 is 15.5 Å². The number of hydrogen-bond donors (Lipinski definition) is 2. The maximum absolute atomic E-state index is 12.8. The number of thiazole rings is 1. The Morgan fingerprint density at radius 3 is 2.71 bits per heavy atom. The molecule has 1 unspecified atom stereocenters. The summed E-state index contributed by atoms with van der Waals surface area (Å²) in [5.74, 6) is 1.37. The number of guanidine groups is 1. The lowest BCUT2D eigenvalue weighted by Crippen LogP contribution is -2.45. The van der Waals surface area contributed by atoms with Crippen LogP contribution in [0.3, 0.4) is 0 Å². The average Bonchev–Trinajstić information content (AvgIpc) is 3.47. The second-order valence-electron chi connectivity index (χ2n) is 8.18. The molecule has 0 spiro atoms. The molecule has 1 aliphatic carbocycles. The van der Waals surface area contributed by atoms with Crippen LogP contribution in [0.5, 0.6) is 0 Å². The van der Waals surface area contributed by atoms with Crippen LogP contribution in [0.15, 0.2) is 40.7 Å². The molecule has 31 heavy (non-hydrogen) atoms. The summed E-state index contributed by atoms with van der Waals surface area (Å²) in [6.07, 6.45) is 6.77. The predicted molar refractivity (Wildman–Crippen MR) is 138 cm³/mol. The molecule has 4 rings (SSSR count). The zero-order valence-corrected chi connectivity index (χ0v) is 21.2. The molecule has 1 amide bonds. The third-order valence-electron chi connectivity index (χ3n) is 6.03. The van der Waals surface area contributed by atoms with Crippen LogP contribution >= 0.6 is 35.3 Å². The molecule has 1 saturated carbocycles. The van der Waals surface area contributed by atoms with Crippen LogP contribution in [0.2, 0.25) is 0 Å². The van der Waals surface area contributed by atoms with Crippen molar-refractivity contribution >= 4 is 47.2 Å². The quantitative estimate of drug-likeness (QED) is 0.330. The summed E-state index contributed by atoms with van der Waals surface area (Å²) < 4.78 is 0. The number of aliphatic imine (C=N–C) groups is 1. The molecule has 1 aromatic carbocycles. The van der Waals surface area contributed by atoms with Gasteiger partial charge in [0.25, 0.3) is 0 Å². The number of nitrogens with one attached hydrogen (secondary N) is 2. The van der Waals surface area contributed by atoms with Gasteiger partial charge in [-0.15, -0.1) is 35.3 Å². The molecule has 1 aromatic heterocycles. The van der Waals surface area contributed by atoms with E-state index in [1.54, 1.807) is 18.4 Å². The van der Waals surface area contributed by atoms with Gasteiger partial charge in [-0.05, 0) is 19.3 Å². The zero-order chi connectivity index (χ0) is 20.8. The number of amides is 1. The van der Waals surface area contributed by atoms with Gasteiger partial charge >= 0.3 is 0 Å². The van der Waals surface area contributed by atoms with Crippen molar-refractivity contribution in [1.82, 2.24) is 20.5 Å². The standard InChI is InChI=1S/C23H31N5OS.HI/c1-24-23(25-14-20-16-30-21(26-20)17-8-4-2-5-9-17)27-19-12-13-28(15-19)22(29)18-10-6-3-7-11-18;/h2,4-5,8-9,16,18-19H,3,6-7,10-15H2,1H3,(H2,24,25,27);1H. The number of halogens is 1. The minimum Gasteiger partial charge on any atom is -0.352 e. The van der Waals surface area contributed by atoms with Crippen LogP contribution in [0.25, 0.3) is 10.6 Å². The molecule has 2 aliphatic rings. The third-order valence-corrected chi connectivity index (χ3v) is 6.97. The number of rotatable bonds is 5. The number of nitrogens with zero attached hydrogens (tertiary/aromatic N) is 3. The van der Waals surface area contributed by atoms with Gasteiger partial charge in [0.2, 0.25) is 5.91 Å². The topological polar surface area (TPSA) is 69.6 Å². The first-order chi connectivity index (χ1) is 14.7. The van der Waals surface area contributed by atoms with Crippen LogP contribution in [-0.4, -0.2) is 47.9 Å². The van der Waals surface area contributed by atoms with Crippen molar-refractivity contribution in [3.05, 3.63) is 41.4 Å². The first-order valence-electron chi connectivity index (χ1n) is 11.0. The molecule has 1 atom stereocenters. The molecule has 2 heterocycles. The van der Waals surface area contributed by atoms with Gasteiger partial charge in [0.15, 0.2) is 5.96 Å². The Labute approximate surface area is 206 Å². The fourth-order valence-corrected chi connectivity index (χ4v) is 5.18. The summed E-state index contributed by atoms with van der Waals surface area (Å²) in [5, 5.41) is 9.96. The Hall–Kier alpha value is -1.68. The lowest BCUT2D eigenvalue weighted by molar-refractivity contribution is -0.135. The summed E-state index contributed by atoms with van der Waals surface area (Å²) >= 11 is 1.66. The van der Waals surface area contributed by atoms with E-state index in [1.165, 1.54) is 19.3 Å². The minimum atomic E-state index is 0. The first-order valence-corrected chi connectivity index (χ1v) is 11.9. The molecule has 2 fully saturated rings. The Morgan fingerprint density at radius 2 is 1.97 bits per heavy atom. The Bertz CT molecular complexity index is 866. The number of carbonyl (C=O) groups is 1. The number of aromatic nitrogens is 1. The largest absolute Gasteiger partial charge is 0.352 e. The molecule has 8 heteroatoms. The summed E-state index contributed by atoms with van der Waals surface area (Å²) in [6.45, 7) is 2.24. The Kier molecular flexibility index (Phi) is 9.13. The van der Waals surface area contributed by atoms with Gasteiger partial charge in [0, 0.05) is 43.0 Å². The third kappa shape index (κ3) is 6.41. The second kappa shape index (κ2) is 11.8. The van der Waals surface area contributed by atoms with Gasteiger partial charge in [0.1, 0.15) is 5.01 Å². The van der Waals surface area contributed by atoms with E-state index >= 15 is 0 Å². The number of benzene rings is 1. The molecule has 0 bridgehead atoms. The summed E-state index contributed by atoms with van der Waals surface area (Å²) in [6, 6.07) is 10.5. The highest BCUT2D eigenvalue weighted by Crippen LogP contribution is 2.27. The highest BCUT2D eigenvalue weighted by atomic mass is 127. The van der Waals surface area contributed by atoms with Crippen molar-refractivity contribution in [1.29, 1.82) is 0 Å². The van der Waals surface area contributed by atoms with Crippen molar-refractivity contribution in [2.24, 2.45) is 10.9 Å². The van der Waals surface area contributed by atoms with E-state index in [4.69, 9.17) is 4.98 Å². The lowest BCUT2D eigenvalue weighted by Gasteiger charge is -2.26. The van der Waals surface area contributed by atoms with Crippen LogP contribution in [0, 0.1) is 5.92 Å². The zero-order valence-electron chi connectivity index (χ0n) is 18.0. The highest BCUT2D eigenvalue weighted by molar-refractivity contribution is 14.0. The van der Waals surface area contributed by atoms with E-state index in [-0.39, 0.29) is 35.9 Å². The molecule has 1 saturated heterocycles. The molecular formula is C23H32IN5OS. The summed E-state index contributed by atoms with van der Waals surface area (Å²) in [4.78, 5) is 23.9. The highest BCUT2D eigenvalue weighted by Gasteiger charge is 2.31. The number of likely N-dealkylation sites (tertiary alicyclic amines) is 1. The molecule has 2 N–H and O–H groups in total. The van der Waals surface area contributed by atoms with Gasteiger partial charge in [-0.1, -0.05) is 49.6 Å². The Morgan fingerprint density at radius 1 is 1.19 bits per heavy atom. The van der Waals surface area contributed by atoms with E-state index in [9.17, 15) is 4.79 Å². The van der Waals surface area contributed by atoms with Crippen molar-refractivity contribution in [2.75, 3.05) is 20.1 Å². The summed E-state index contributed by atoms with van der Waals surface area (Å²) in [7, 11) is 1.78. The van der Waals surface area contributed by atoms with Gasteiger partial charge in [-0.2, -0.15) is 0 Å². The van der Waals surface area contributed by atoms with Crippen molar-refractivity contribution in [3.8, 4) is 10.6 Å². The number of carbonyl (C=O) groups excluding carboxylic acids is 1. The normalized spacial score (nSPS) is 19.7. The monoisotopic (exact) mass is 553 g/mol. The lowest BCUT2D eigenvalue weighted by atomic mass is 9.88. The molecular weight excluding hydrogens is 521 g/mol. The predicted octanol–water partition coefficient (Wildman–Crippen LogP) is 4.27. The van der Waals surface area contributed by atoms with Crippen LogP contribution in [-0.2, 0) is 11.3 Å². The smallest absolute Gasteiger partial charge is 0.225 e.